The van der Waals surface area contributed by atoms with Crippen LogP contribution >= 0.6 is 0 Å². The molecule has 0 amide bonds. The van der Waals surface area contributed by atoms with Gasteiger partial charge >= 0.3 is 0 Å². The third kappa shape index (κ3) is 2.13. The van der Waals surface area contributed by atoms with Gasteiger partial charge in [-0.25, -0.2) is 14.6 Å². The summed E-state index contributed by atoms with van der Waals surface area (Å²) in [6.07, 6.45) is 3.57. The van der Waals surface area contributed by atoms with Gasteiger partial charge < -0.3 is 5.73 Å². The Labute approximate surface area is 101 Å². The minimum absolute atomic E-state index is 0.135. The largest absolute Gasteiger partial charge is 0.383 e. The quantitative estimate of drug-likeness (QED) is 0.813. The molecule has 0 saturated carbocycles. The summed E-state index contributed by atoms with van der Waals surface area (Å²) in [6, 6.07) is 1.86. The van der Waals surface area contributed by atoms with E-state index in [0.717, 1.165) is 17.2 Å². The summed E-state index contributed by atoms with van der Waals surface area (Å²) in [5.41, 5.74) is 6.65. The Balaban J connectivity index is 2.64. The first kappa shape index (κ1) is 11.6. The van der Waals surface area contributed by atoms with Crippen molar-refractivity contribution in [1.82, 2.24) is 19.7 Å². The third-order valence-electron chi connectivity index (χ3n) is 2.55. The number of nitrogens with zero attached hydrogens (tertiary/aromatic N) is 4. The lowest BCUT2D eigenvalue weighted by molar-refractivity contribution is 0.542. The smallest absolute Gasteiger partial charge is 0.162 e. The molecule has 2 heterocycles. The molecule has 0 spiro atoms. The molecule has 90 valence electrons. The van der Waals surface area contributed by atoms with Crippen molar-refractivity contribution in [1.29, 1.82) is 0 Å². The fourth-order valence-electron chi connectivity index (χ4n) is 1.47. The van der Waals surface area contributed by atoms with E-state index in [4.69, 9.17) is 5.73 Å². The van der Waals surface area contributed by atoms with Crippen LogP contribution in [0.4, 0.5) is 5.82 Å². The normalized spacial score (nSPS) is 11.8. The molecule has 0 aliphatic carbocycles. The maximum absolute atomic E-state index is 5.93. The molecule has 2 N–H and O–H groups in total. The average Bonchev–Trinajstić information content (AvgIpc) is 2.73. The lowest BCUT2D eigenvalue weighted by Gasteiger charge is -2.19. The van der Waals surface area contributed by atoms with Crippen molar-refractivity contribution < 1.29 is 0 Å². The van der Waals surface area contributed by atoms with Gasteiger partial charge in [-0.1, -0.05) is 20.8 Å². The molecule has 0 aliphatic rings. The van der Waals surface area contributed by atoms with E-state index in [9.17, 15) is 0 Å². The molecule has 2 aromatic heterocycles. The molecule has 2 aromatic rings. The van der Waals surface area contributed by atoms with Gasteiger partial charge in [-0.2, -0.15) is 5.10 Å². The molecule has 0 fully saturated rings. The number of hydrogen-bond acceptors (Lipinski definition) is 4. The van der Waals surface area contributed by atoms with E-state index >= 15 is 0 Å². The number of rotatable bonds is 1. The van der Waals surface area contributed by atoms with Crippen molar-refractivity contribution in [3.05, 3.63) is 29.8 Å². The SMILES string of the molecule is Cc1c(N)nc(C(C)(C)C)nc1-n1cccn1. The van der Waals surface area contributed by atoms with Crippen molar-refractivity contribution in [2.45, 2.75) is 33.1 Å². The third-order valence-corrected chi connectivity index (χ3v) is 2.55. The predicted molar refractivity (Wildman–Crippen MR) is 67.0 cm³/mol. The van der Waals surface area contributed by atoms with E-state index in [1.165, 1.54) is 0 Å². The number of anilines is 1. The first-order valence-electron chi connectivity index (χ1n) is 5.54. The Hall–Kier alpha value is -1.91. The summed E-state index contributed by atoms with van der Waals surface area (Å²) < 4.78 is 1.71. The fraction of sp³-hybridized carbons (Fsp3) is 0.417. The maximum Gasteiger partial charge on any atom is 0.162 e. The average molecular weight is 231 g/mol. The van der Waals surface area contributed by atoms with Gasteiger partial charge in [0.1, 0.15) is 11.6 Å². The Morgan fingerprint density at radius 2 is 1.94 bits per heavy atom. The van der Waals surface area contributed by atoms with E-state index in [-0.39, 0.29) is 5.41 Å². The zero-order valence-electron chi connectivity index (χ0n) is 10.6. The van der Waals surface area contributed by atoms with Crippen molar-refractivity contribution in [2.24, 2.45) is 0 Å². The number of nitrogen functional groups attached to an aromatic ring is 1. The molecule has 0 unspecified atom stereocenters. The van der Waals surface area contributed by atoms with Crippen LogP contribution in [0.15, 0.2) is 18.5 Å². The van der Waals surface area contributed by atoms with Crippen molar-refractivity contribution in [3.63, 3.8) is 0 Å². The van der Waals surface area contributed by atoms with Gasteiger partial charge in [-0.05, 0) is 13.0 Å². The van der Waals surface area contributed by atoms with Gasteiger partial charge in [0, 0.05) is 23.4 Å². The maximum atomic E-state index is 5.93. The monoisotopic (exact) mass is 231 g/mol. The van der Waals surface area contributed by atoms with E-state index < -0.39 is 0 Å². The first-order valence-corrected chi connectivity index (χ1v) is 5.54. The number of nitrogens with two attached hydrogens (primary N) is 1. The summed E-state index contributed by atoms with van der Waals surface area (Å²) in [6.45, 7) is 8.08. The van der Waals surface area contributed by atoms with Crippen LogP contribution in [0.5, 0.6) is 0 Å². The molecule has 5 nitrogen and oxygen atoms in total. The fourth-order valence-corrected chi connectivity index (χ4v) is 1.47. The number of hydrogen-bond donors (Lipinski definition) is 1. The highest BCUT2D eigenvalue weighted by atomic mass is 15.3. The van der Waals surface area contributed by atoms with Gasteiger partial charge in [-0.3, -0.25) is 0 Å². The molecular formula is C12H17N5. The minimum atomic E-state index is -0.135. The Morgan fingerprint density at radius 3 is 2.47 bits per heavy atom. The molecule has 0 saturated heterocycles. The summed E-state index contributed by atoms with van der Waals surface area (Å²) in [5.74, 6) is 1.98. The van der Waals surface area contributed by atoms with Crippen LogP contribution in [0, 0.1) is 6.92 Å². The van der Waals surface area contributed by atoms with Crippen molar-refractivity contribution in [2.75, 3.05) is 5.73 Å². The molecular weight excluding hydrogens is 214 g/mol. The molecule has 17 heavy (non-hydrogen) atoms. The van der Waals surface area contributed by atoms with Crippen molar-refractivity contribution >= 4 is 5.82 Å². The minimum Gasteiger partial charge on any atom is -0.383 e. The molecule has 5 heteroatoms. The highest BCUT2D eigenvalue weighted by Crippen LogP contribution is 2.23. The van der Waals surface area contributed by atoms with Crippen LogP contribution in [0.3, 0.4) is 0 Å². The van der Waals surface area contributed by atoms with Crippen LogP contribution in [0.25, 0.3) is 5.82 Å². The molecule has 0 bridgehead atoms. The second-order valence-corrected chi connectivity index (χ2v) is 5.08. The van der Waals surface area contributed by atoms with Crippen LogP contribution in [-0.4, -0.2) is 19.7 Å². The second-order valence-electron chi connectivity index (χ2n) is 5.08. The Kier molecular flexibility index (Phi) is 2.61. The van der Waals surface area contributed by atoms with Gasteiger partial charge in [0.25, 0.3) is 0 Å². The summed E-state index contributed by atoms with van der Waals surface area (Å²) in [7, 11) is 0. The van der Waals surface area contributed by atoms with E-state index in [0.29, 0.717) is 5.82 Å². The van der Waals surface area contributed by atoms with E-state index in [2.05, 4.69) is 35.8 Å². The van der Waals surface area contributed by atoms with Crippen LogP contribution in [0.2, 0.25) is 0 Å². The zero-order valence-corrected chi connectivity index (χ0v) is 10.6. The lowest BCUT2D eigenvalue weighted by atomic mass is 9.95. The predicted octanol–water partition coefficient (Wildman–Crippen LogP) is 1.85. The van der Waals surface area contributed by atoms with Crippen LogP contribution in [-0.2, 0) is 5.41 Å². The molecule has 0 aromatic carbocycles. The topological polar surface area (TPSA) is 69.6 Å². The first-order chi connectivity index (χ1) is 7.89. The standard InChI is InChI=1S/C12H17N5/c1-8-9(13)15-11(12(2,3)4)16-10(8)17-7-5-6-14-17/h5-7H,1-4H3,(H2,13,15,16). The second kappa shape index (κ2) is 3.84. The molecule has 0 aliphatic heterocycles. The van der Waals surface area contributed by atoms with E-state index in [1.54, 1.807) is 10.9 Å². The number of aromatic nitrogens is 4. The van der Waals surface area contributed by atoms with Crippen LogP contribution < -0.4 is 5.73 Å². The van der Waals surface area contributed by atoms with Gasteiger partial charge in [-0.15, -0.1) is 0 Å². The van der Waals surface area contributed by atoms with Gasteiger partial charge in [0.2, 0.25) is 0 Å². The lowest BCUT2D eigenvalue weighted by Crippen LogP contribution is -2.20. The highest BCUT2D eigenvalue weighted by molar-refractivity contribution is 5.48. The van der Waals surface area contributed by atoms with E-state index in [1.807, 2.05) is 19.2 Å². The van der Waals surface area contributed by atoms with Gasteiger partial charge in [0.05, 0.1) is 0 Å². The van der Waals surface area contributed by atoms with Crippen LogP contribution in [0.1, 0.15) is 32.2 Å². The summed E-state index contributed by atoms with van der Waals surface area (Å²) in [4.78, 5) is 8.90. The zero-order chi connectivity index (χ0) is 12.6. The Morgan fingerprint density at radius 1 is 1.24 bits per heavy atom. The summed E-state index contributed by atoms with van der Waals surface area (Å²) >= 11 is 0. The Bertz CT molecular complexity index is 523. The molecule has 2 rings (SSSR count). The summed E-state index contributed by atoms with van der Waals surface area (Å²) in [5, 5.41) is 4.18. The molecule has 0 atom stereocenters. The van der Waals surface area contributed by atoms with Gasteiger partial charge in [0.15, 0.2) is 5.82 Å². The van der Waals surface area contributed by atoms with Crippen molar-refractivity contribution in [3.8, 4) is 5.82 Å². The molecule has 0 radical (unpaired) electrons. The highest BCUT2D eigenvalue weighted by Gasteiger charge is 2.20.